The summed E-state index contributed by atoms with van der Waals surface area (Å²) in [4.78, 5) is 23.0. The topological polar surface area (TPSA) is 78.0 Å². The molecule has 0 bridgehead atoms. The first-order chi connectivity index (χ1) is 13.1. The van der Waals surface area contributed by atoms with E-state index in [1.54, 1.807) is 6.92 Å². The summed E-state index contributed by atoms with van der Waals surface area (Å²) < 4.78 is 40.1. The number of halogens is 3. The quantitative estimate of drug-likeness (QED) is 0.495. The third kappa shape index (κ3) is 4.08. The first kappa shape index (κ1) is 19.3. The maximum absolute atomic E-state index is 13.0. The number of aryl methyl sites for hydroxylation is 1. The van der Waals surface area contributed by atoms with Gasteiger partial charge in [-0.2, -0.15) is 18.3 Å². The lowest BCUT2D eigenvalue weighted by Gasteiger charge is -2.11. The molecule has 0 atom stereocenters. The van der Waals surface area contributed by atoms with E-state index >= 15 is 0 Å². The Kier molecular flexibility index (Phi) is 5.00. The van der Waals surface area contributed by atoms with Gasteiger partial charge in [0.15, 0.2) is 0 Å². The van der Waals surface area contributed by atoms with E-state index < -0.39 is 22.2 Å². The van der Waals surface area contributed by atoms with E-state index in [0.29, 0.717) is 11.3 Å². The molecule has 0 radical (unpaired) electrons. The summed E-state index contributed by atoms with van der Waals surface area (Å²) in [5, 5.41) is 14.9. The van der Waals surface area contributed by atoms with Gasteiger partial charge in [-0.3, -0.25) is 14.9 Å². The van der Waals surface area contributed by atoms with Gasteiger partial charge in [-0.25, -0.2) is 4.68 Å². The molecule has 0 fully saturated rings. The van der Waals surface area contributed by atoms with Crippen molar-refractivity contribution in [2.75, 3.05) is 0 Å². The van der Waals surface area contributed by atoms with Gasteiger partial charge in [-0.05, 0) is 36.2 Å². The normalized spacial score (nSPS) is 11.4. The molecule has 0 aliphatic heterocycles. The Bertz CT molecular complexity index is 1090. The molecule has 0 saturated carbocycles. The van der Waals surface area contributed by atoms with Crippen molar-refractivity contribution in [1.29, 1.82) is 0 Å². The summed E-state index contributed by atoms with van der Waals surface area (Å²) >= 11 is 0. The lowest BCUT2D eigenvalue weighted by molar-refractivity contribution is -0.384. The van der Waals surface area contributed by atoms with Crippen LogP contribution in [0.25, 0.3) is 11.1 Å². The van der Waals surface area contributed by atoms with Crippen LogP contribution in [0.2, 0.25) is 0 Å². The van der Waals surface area contributed by atoms with Crippen LogP contribution in [0.5, 0.6) is 0 Å². The molecule has 3 aromatic rings. The van der Waals surface area contributed by atoms with Crippen LogP contribution in [0, 0.1) is 17.0 Å². The van der Waals surface area contributed by atoms with Crippen LogP contribution >= 0.6 is 0 Å². The molecule has 144 valence electrons. The average Bonchev–Trinajstić information content (AvgIpc) is 2.64. The maximum Gasteiger partial charge on any atom is 0.416 e. The van der Waals surface area contributed by atoms with Crippen molar-refractivity contribution in [2.24, 2.45) is 0 Å². The minimum atomic E-state index is -4.52. The summed E-state index contributed by atoms with van der Waals surface area (Å²) in [6.45, 7) is 1.66. The first-order valence-electron chi connectivity index (χ1n) is 8.15. The fraction of sp³-hybridized carbons (Fsp3) is 0.158. The zero-order valence-corrected chi connectivity index (χ0v) is 14.6. The lowest BCUT2D eigenvalue weighted by atomic mass is 10.0. The molecule has 2 aromatic carbocycles. The number of nitro benzene ring substituents is 1. The summed E-state index contributed by atoms with van der Waals surface area (Å²) in [6, 6.07) is 11.6. The van der Waals surface area contributed by atoms with Crippen molar-refractivity contribution in [2.45, 2.75) is 19.6 Å². The molecule has 0 spiro atoms. The smallest absolute Gasteiger partial charge is 0.267 e. The standard InChI is InChI=1S/C19H14F3N3O3/c1-12-9-17(14-3-2-4-15(10-14)19(20,21)22)18(26)24(23-12)11-13-5-7-16(8-6-13)25(27)28/h2-10H,11H2,1H3. The van der Waals surface area contributed by atoms with Crippen LogP contribution in [-0.4, -0.2) is 14.7 Å². The second kappa shape index (κ2) is 7.26. The Hall–Kier alpha value is -3.49. The van der Waals surface area contributed by atoms with E-state index in [9.17, 15) is 28.1 Å². The van der Waals surface area contributed by atoms with Crippen LogP contribution in [0.3, 0.4) is 0 Å². The van der Waals surface area contributed by atoms with Crippen molar-refractivity contribution in [1.82, 2.24) is 9.78 Å². The number of nitrogens with zero attached hydrogens (tertiary/aromatic N) is 3. The minimum absolute atomic E-state index is 0.0322. The molecule has 9 heteroatoms. The predicted molar refractivity (Wildman–Crippen MR) is 95.9 cm³/mol. The van der Waals surface area contributed by atoms with Gasteiger partial charge >= 0.3 is 6.18 Å². The fourth-order valence-corrected chi connectivity index (χ4v) is 2.75. The Morgan fingerprint density at radius 3 is 2.39 bits per heavy atom. The summed E-state index contributed by atoms with van der Waals surface area (Å²) in [7, 11) is 0. The Balaban J connectivity index is 2.01. The van der Waals surface area contributed by atoms with Crippen molar-refractivity contribution in [3.8, 4) is 11.1 Å². The molecule has 1 aromatic heterocycles. The van der Waals surface area contributed by atoms with Gasteiger partial charge < -0.3 is 0 Å². The van der Waals surface area contributed by atoms with E-state index in [1.165, 1.54) is 42.5 Å². The molecule has 6 nitrogen and oxygen atoms in total. The summed E-state index contributed by atoms with van der Waals surface area (Å²) in [5.41, 5.74) is -0.194. The molecule has 0 unspecified atom stereocenters. The molecule has 1 heterocycles. The number of aromatic nitrogens is 2. The molecule has 0 amide bonds. The van der Waals surface area contributed by atoms with Crippen LogP contribution in [-0.2, 0) is 12.7 Å². The Morgan fingerprint density at radius 2 is 1.79 bits per heavy atom. The van der Waals surface area contributed by atoms with Crippen LogP contribution in [0.15, 0.2) is 59.4 Å². The number of alkyl halides is 3. The number of hydrogen-bond donors (Lipinski definition) is 0. The molecular weight excluding hydrogens is 375 g/mol. The molecule has 0 N–H and O–H groups in total. The van der Waals surface area contributed by atoms with E-state index in [1.807, 2.05) is 0 Å². The van der Waals surface area contributed by atoms with E-state index in [0.717, 1.165) is 16.8 Å². The van der Waals surface area contributed by atoms with E-state index in [2.05, 4.69) is 5.10 Å². The largest absolute Gasteiger partial charge is 0.416 e. The van der Waals surface area contributed by atoms with Gasteiger partial charge in [0.05, 0.1) is 28.3 Å². The summed E-state index contributed by atoms with van der Waals surface area (Å²) in [5.74, 6) is 0. The van der Waals surface area contributed by atoms with E-state index in [-0.39, 0.29) is 23.4 Å². The highest BCUT2D eigenvalue weighted by Crippen LogP contribution is 2.31. The van der Waals surface area contributed by atoms with Gasteiger partial charge in [0, 0.05) is 12.1 Å². The van der Waals surface area contributed by atoms with Gasteiger partial charge in [0.2, 0.25) is 0 Å². The number of benzene rings is 2. The average molecular weight is 389 g/mol. The highest BCUT2D eigenvalue weighted by atomic mass is 19.4. The Morgan fingerprint density at radius 1 is 1.11 bits per heavy atom. The number of nitro groups is 1. The first-order valence-corrected chi connectivity index (χ1v) is 8.15. The molecular formula is C19H14F3N3O3. The highest BCUT2D eigenvalue weighted by Gasteiger charge is 2.30. The molecule has 0 aliphatic rings. The zero-order valence-electron chi connectivity index (χ0n) is 14.6. The number of hydrogen-bond acceptors (Lipinski definition) is 4. The fourth-order valence-electron chi connectivity index (χ4n) is 2.75. The zero-order chi connectivity index (χ0) is 20.5. The number of rotatable bonds is 4. The molecule has 0 aliphatic carbocycles. The van der Waals surface area contributed by atoms with Gasteiger partial charge in [-0.1, -0.05) is 24.3 Å². The minimum Gasteiger partial charge on any atom is -0.267 e. The third-order valence-corrected chi connectivity index (χ3v) is 4.08. The second-order valence-corrected chi connectivity index (χ2v) is 6.16. The third-order valence-electron chi connectivity index (χ3n) is 4.08. The maximum atomic E-state index is 13.0. The van der Waals surface area contributed by atoms with Gasteiger partial charge in [0.1, 0.15) is 0 Å². The Labute approximate surface area is 157 Å². The summed E-state index contributed by atoms with van der Waals surface area (Å²) in [6.07, 6.45) is -4.52. The van der Waals surface area contributed by atoms with Gasteiger partial charge in [0.25, 0.3) is 11.2 Å². The lowest BCUT2D eigenvalue weighted by Crippen LogP contribution is -2.25. The van der Waals surface area contributed by atoms with Crippen molar-refractivity contribution < 1.29 is 18.1 Å². The molecule has 3 rings (SSSR count). The van der Waals surface area contributed by atoms with Crippen molar-refractivity contribution in [3.63, 3.8) is 0 Å². The monoisotopic (exact) mass is 389 g/mol. The van der Waals surface area contributed by atoms with Crippen LogP contribution in [0.4, 0.5) is 18.9 Å². The van der Waals surface area contributed by atoms with Crippen LogP contribution in [0.1, 0.15) is 16.8 Å². The van der Waals surface area contributed by atoms with Crippen molar-refractivity contribution in [3.05, 3.63) is 91.9 Å². The van der Waals surface area contributed by atoms with Crippen LogP contribution < -0.4 is 5.56 Å². The highest BCUT2D eigenvalue weighted by molar-refractivity contribution is 5.63. The predicted octanol–water partition coefficient (Wildman–Crippen LogP) is 4.19. The molecule has 0 saturated heterocycles. The number of non-ortho nitro benzene ring substituents is 1. The molecule has 28 heavy (non-hydrogen) atoms. The van der Waals surface area contributed by atoms with Gasteiger partial charge in [-0.15, -0.1) is 0 Å². The SMILES string of the molecule is Cc1cc(-c2cccc(C(F)(F)F)c2)c(=O)n(Cc2ccc([N+](=O)[O-])cc2)n1. The van der Waals surface area contributed by atoms with Crippen molar-refractivity contribution >= 4 is 5.69 Å². The van der Waals surface area contributed by atoms with E-state index in [4.69, 9.17) is 0 Å². The second-order valence-electron chi connectivity index (χ2n) is 6.16.